The van der Waals surface area contributed by atoms with Gasteiger partial charge in [0.25, 0.3) is 0 Å². The van der Waals surface area contributed by atoms with E-state index in [-0.39, 0.29) is 22.4 Å². The largest absolute Gasteiger partial charge is 0.508 e. The maximum atomic E-state index is 9.32. The Bertz CT molecular complexity index is 497. The van der Waals surface area contributed by atoms with Crippen LogP contribution < -0.4 is 4.74 Å². The molecule has 0 saturated heterocycles. The number of alkyl halides is 3. The van der Waals surface area contributed by atoms with E-state index in [0.29, 0.717) is 12.4 Å². The fourth-order valence-corrected chi connectivity index (χ4v) is 2.32. The summed E-state index contributed by atoms with van der Waals surface area (Å²) in [6, 6.07) is 2.77. The van der Waals surface area contributed by atoms with E-state index in [1.54, 1.807) is 6.21 Å². The second-order valence-electron chi connectivity index (χ2n) is 4.61. The third-order valence-electron chi connectivity index (χ3n) is 2.58. The molecule has 0 radical (unpaired) electrons. The number of oxime groups is 1. The number of halogens is 5. The predicted molar refractivity (Wildman–Crippen MR) is 96.8 cm³/mol. The molecule has 1 rings (SSSR count). The predicted octanol–water partition coefficient (Wildman–Crippen LogP) is 6.01. The Kier molecular flexibility index (Phi) is 9.55. The number of benzene rings is 1. The first-order chi connectivity index (χ1) is 10.8. The molecule has 0 spiro atoms. The Hall–Kier alpha value is -0.260. The number of unbranched alkanes of at least 4 members (excludes halogenated alkanes) is 3. The fraction of sp³-hybridized carbons (Fsp3) is 0.500. The Morgan fingerprint density at radius 1 is 1.09 bits per heavy atom. The number of phenols is 1. The van der Waals surface area contributed by atoms with E-state index in [4.69, 9.17) is 67.6 Å². The van der Waals surface area contributed by atoms with Crippen molar-refractivity contribution in [3.05, 3.63) is 22.2 Å². The van der Waals surface area contributed by atoms with Crippen molar-refractivity contribution in [3.63, 3.8) is 0 Å². The highest BCUT2D eigenvalue weighted by Crippen LogP contribution is 2.36. The van der Waals surface area contributed by atoms with Gasteiger partial charge in [0.05, 0.1) is 16.7 Å². The van der Waals surface area contributed by atoms with Crippen LogP contribution in [0.25, 0.3) is 0 Å². The summed E-state index contributed by atoms with van der Waals surface area (Å²) in [7, 11) is 0. The molecule has 0 fully saturated rings. The van der Waals surface area contributed by atoms with Crippen LogP contribution in [0.4, 0.5) is 0 Å². The first kappa shape index (κ1) is 20.8. The minimum Gasteiger partial charge on any atom is -0.508 e. The maximum absolute atomic E-state index is 9.32. The van der Waals surface area contributed by atoms with E-state index < -0.39 is 3.79 Å². The van der Waals surface area contributed by atoms with Crippen molar-refractivity contribution in [2.45, 2.75) is 29.5 Å². The molecule has 23 heavy (non-hydrogen) atoms. The first-order valence-electron chi connectivity index (χ1n) is 6.81. The lowest BCUT2D eigenvalue weighted by Crippen LogP contribution is -2.10. The van der Waals surface area contributed by atoms with Crippen LogP contribution in [0.1, 0.15) is 25.7 Å². The molecule has 0 saturated carbocycles. The second-order valence-corrected chi connectivity index (χ2v) is 7.94. The average Bonchev–Trinajstić information content (AvgIpc) is 2.41. The number of rotatable bonds is 9. The number of ether oxygens (including phenoxy) is 1. The van der Waals surface area contributed by atoms with Crippen LogP contribution in [0.5, 0.6) is 11.5 Å². The van der Waals surface area contributed by atoms with Crippen LogP contribution >= 0.6 is 58.0 Å². The van der Waals surface area contributed by atoms with Gasteiger partial charge in [-0.2, -0.15) is 0 Å². The van der Waals surface area contributed by atoms with Crippen LogP contribution in [-0.2, 0) is 4.84 Å². The van der Waals surface area contributed by atoms with Crippen LogP contribution in [0.2, 0.25) is 10.0 Å². The van der Waals surface area contributed by atoms with Crippen molar-refractivity contribution in [2.24, 2.45) is 5.16 Å². The molecule has 0 aliphatic rings. The zero-order chi connectivity index (χ0) is 17.3. The highest BCUT2D eigenvalue weighted by Gasteiger charge is 2.20. The smallest absolute Gasteiger partial charge is 0.226 e. The lowest BCUT2D eigenvalue weighted by molar-refractivity contribution is 0.150. The highest BCUT2D eigenvalue weighted by atomic mass is 35.6. The molecule has 0 unspecified atom stereocenters. The van der Waals surface area contributed by atoms with E-state index >= 15 is 0 Å². The van der Waals surface area contributed by atoms with Crippen LogP contribution in [0.3, 0.4) is 0 Å². The molecular formula is C14H16Cl5NO3. The minimum atomic E-state index is -1.45. The van der Waals surface area contributed by atoms with Gasteiger partial charge in [0, 0.05) is 18.3 Å². The van der Waals surface area contributed by atoms with Gasteiger partial charge in [0.15, 0.2) is 12.4 Å². The number of aromatic hydroxyl groups is 1. The molecule has 4 nitrogen and oxygen atoms in total. The average molecular weight is 424 g/mol. The third-order valence-corrected chi connectivity index (χ3v) is 3.47. The highest BCUT2D eigenvalue weighted by molar-refractivity contribution is 6.67. The van der Waals surface area contributed by atoms with E-state index in [0.717, 1.165) is 25.7 Å². The molecule has 1 aromatic rings. The molecule has 0 aliphatic carbocycles. The Morgan fingerprint density at radius 2 is 1.74 bits per heavy atom. The molecule has 0 atom stereocenters. The molecule has 1 aromatic carbocycles. The van der Waals surface area contributed by atoms with Crippen LogP contribution in [0.15, 0.2) is 17.3 Å². The van der Waals surface area contributed by atoms with Gasteiger partial charge in [-0.15, -0.1) is 0 Å². The molecule has 130 valence electrons. The van der Waals surface area contributed by atoms with Crippen molar-refractivity contribution >= 4 is 64.2 Å². The number of hydrogen-bond donors (Lipinski definition) is 1. The lowest BCUT2D eigenvalue weighted by Gasteiger charge is -2.10. The SMILES string of the molecule is Oc1cc(Cl)c(OCCCCC/C=N/OCC(Cl)(Cl)Cl)c(Cl)c1. The van der Waals surface area contributed by atoms with Crippen LogP contribution in [0, 0.1) is 0 Å². The van der Waals surface area contributed by atoms with Gasteiger partial charge < -0.3 is 14.7 Å². The Labute approximate surface area is 160 Å². The standard InChI is InChI=1S/C14H16Cl5NO3/c15-11-7-10(21)8-12(16)13(11)22-6-4-2-1-3-5-20-23-9-14(17,18)19/h5,7-8,21H,1-4,6,9H2/b20-5+. The molecule has 0 aliphatic heterocycles. The molecular weight excluding hydrogens is 407 g/mol. The van der Waals surface area contributed by atoms with Crippen LogP contribution in [-0.4, -0.2) is 28.3 Å². The van der Waals surface area contributed by atoms with Crippen molar-refractivity contribution < 1.29 is 14.7 Å². The summed E-state index contributed by atoms with van der Waals surface area (Å²) >= 11 is 28.4. The zero-order valence-corrected chi connectivity index (χ0v) is 15.9. The van der Waals surface area contributed by atoms with Gasteiger partial charge in [0.2, 0.25) is 3.79 Å². The number of nitrogens with zero attached hydrogens (tertiary/aromatic N) is 1. The van der Waals surface area contributed by atoms with Crippen molar-refractivity contribution in [3.8, 4) is 11.5 Å². The Morgan fingerprint density at radius 3 is 2.35 bits per heavy atom. The van der Waals surface area contributed by atoms with E-state index in [9.17, 15) is 5.11 Å². The maximum Gasteiger partial charge on any atom is 0.226 e. The van der Waals surface area contributed by atoms with Gasteiger partial charge in [-0.3, -0.25) is 0 Å². The molecule has 1 N–H and O–H groups in total. The van der Waals surface area contributed by atoms with Gasteiger partial charge in [-0.05, 0) is 25.7 Å². The normalized spacial score (nSPS) is 11.9. The summed E-state index contributed by atoms with van der Waals surface area (Å²) in [4.78, 5) is 4.82. The number of hydrogen-bond acceptors (Lipinski definition) is 4. The summed E-state index contributed by atoms with van der Waals surface area (Å²) < 4.78 is 4.07. The molecule has 9 heteroatoms. The summed E-state index contributed by atoms with van der Waals surface area (Å²) in [6.45, 7) is 0.390. The summed E-state index contributed by atoms with van der Waals surface area (Å²) in [6.07, 6.45) is 5.06. The van der Waals surface area contributed by atoms with Gasteiger partial charge in [0.1, 0.15) is 5.75 Å². The van der Waals surface area contributed by atoms with Crippen molar-refractivity contribution in [1.29, 1.82) is 0 Å². The molecule has 0 aromatic heterocycles. The van der Waals surface area contributed by atoms with E-state index in [1.165, 1.54) is 12.1 Å². The summed E-state index contributed by atoms with van der Waals surface area (Å²) in [5.74, 6) is 0.386. The quantitative estimate of drug-likeness (QED) is 0.229. The minimum absolute atomic E-state index is 0.00333. The molecule has 0 amide bonds. The molecule has 0 heterocycles. The summed E-state index contributed by atoms with van der Waals surface area (Å²) in [5, 5.41) is 13.6. The van der Waals surface area contributed by atoms with Crippen molar-refractivity contribution in [1.82, 2.24) is 0 Å². The zero-order valence-electron chi connectivity index (χ0n) is 12.1. The van der Waals surface area contributed by atoms with Gasteiger partial charge in [-0.1, -0.05) is 63.2 Å². The monoisotopic (exact) mass is 421 g/mol. The lowest BCUT2D eigenvalue weighted by atomic mass is 10.2. The van der Waals surface area contributed by atoms with E-state index in [1.807, 2.05) is 0 Å². The summed E-state index contributed by atoms with van der Waals surface area (Å²) in [5.41, 5.74) is 0. The fourth-order valence-electron chi connectivity index (χ4n) is 1.59. The number of phenolic OH excluding ortho intramolecular Hbond substituents is 1. The Balaban J connectivity index is 2.11. The van der Waals surface area contributed by atoms with Gasteiger partial charge in [-0.25, -0.2) is 0 Å². The first-order valence-corrected chi connectivity index (χ1v) is 8.70. The molecule has 0 bridgehead atoms. The van der Waals surface area contributed by atoms with E-state index in [2.05, 4.69) is 5.16 Å². The third kappa shape index (κ3) is 9.58. The topological polar surface area (TPSA) is 51.0 Å². The second kappa shape index (κ2) is 10.6. The van der Waals surface area contributed by atoms with Gasteiger partial charge >= 0.3 is 0 Å². The van der Waals surface area contributed by atoms with Crippen molar-refractivity contribution in [2.75, 3.05) is 13.2 Å².